The van der Waals surface area contributed by atoms with Crippen molar-refractivity contribution in [2.24, 2.45) is 0 Å². The molecule has 9 heteroatoms. The molecule has 0 saturated carbocycles. The number of allylic oxidation sites excluding steroid dienone is 1. The Bertz CT molecular complexity index is 850. The van der Waals surface area contributed by atoms with E-state index >= 15 is 0 Å². The summed E-state index contributed by atoms with van der Waals surface area (Å²) < 4.78 is 23.5. The van der Waals surface area contributed by atoms with Crippen LogP contribution in [0.25, 0.3) is 0 Å². The van der Waals surface area contributed by atoms with E-state index in [4.69, 9.17) is 9.05 Å². The highest BCUT2D eigenvalue weighted by Gasteiger charge is 2.27. The molecule has 0 aromatic rings. The lowest BCUT2D eigenvalue weighted by Crippen LogP contribution is -2.45. The minimum Gasteiger partial charge on any atom is -0.387 e. The van der Waals surface area contributed by atoms with Crippen molar-refractivity contribution in [1.82, 2.24) is 5.32 Å². The van der Waals surface area contributed by atoms with Crippen molar-refractivity contribution in [1.29, 1.82) is 0 Å². The minimum absolute atomic E-state index is 0.0644. The SMILES string of the molecule is CCCCCCCCCCCC/C=C/[C@@H](O)[C@H](COP(=O)(O)OCC[N+](C)(C)C)NC(=O)CCCCCCCCCCCCCCCCCCC. The fraction of sp³-hybridized carbons (Fsp3) is 0.929. The van der Waals surface area contributed by atoms with Gasteiger partial charge < -0.3 is 19.8 Å². The van der Waals surface area contributed by atoms with Crippen molar-refractivity contribution in [2.45, 2.75) is 212 Å². The van der Waals surface area contributed by atoms with Gasteiger partial charge >= 0.3 is 7.82 Å². The molecular weight excluding hydrogens is 659 g/mol. The van der Waals surface area contributed by atoms with Gasteiger partial charge in [-0.15, -0.1) is 0 Å². The summed E-state index contributed by atoms with van der Waals surface area (Å²) in [5.74, 6) is -0.176. The van der Waals surface area contributed by atoms with Gasteiger partial charge in [0, 0.05) is 6.42 Å². The van der Waals surface area contributed by atoms with Crippen molar-refractivity contribution >= 4 is 13.7 Å². The molecule has 0 radical (unpaired) electrons. The summed E-state index contributed by atoms with van der Waals surface area (Å²) in [7, 11) is 1.58. The van der Waals surface area contributed by atoms with E-state index in [9.17, 15) is 19.4 Å². The van der Waals surface area contributed by atoms with Gasteiger partial charge in [0.15, 0.2) is 0 Å². The Labute approximate surface area is 316 Å². The normalized spacial score (nSPS) is 14.6. The first-order chi connectivity index (χ1) is 24.5. The second-order valence-corrected chi connectivity index (χ2v) is 17.5. The first-order valence-electron chi connectivity index (χ1n) is 21.6. The van der Waals surface area contributed by atoms with Gasteiger partial charge in [-0.1, -0.05) is 187 Å². The molecule has 0 heterocycles. The first-order valence-corrected chi connectivity index (χ1v) is 23.1. The molecule has 51 heavy (non-hydrogen) atoms. The van der Waals surface area contributed by atoms with Crippen LogP contribution in [-0.4, -0.2) is 73.4 Å². The van der Waals surface area contributed by atoms with Crippen LogP contribution in [0.3, 0.4) is 0 Å². The number of aliphatic hydroxyl groups excluding tert-OH is 1. The third-order valence-electron chi connectivity index (χ3n) is 9.76. The Morgan fingerprint density at radius 1 is 0.647 bits per heavy atom. The lowest BCUT2D eigenvalue weighted by molar-refractivity contribution is -0.870. The molecule has 1 unspecified atom stereocenters. The highest BCUT2D eigenvalue weighted by Crippen LogP contribution is 2.43. The number of nitrogens with zero attached hydrogens (tertiary/aromatic N) is 1. The van der Waals surface area contributed by atoms with Crippen molar-refractivity contribution in [3.63, 3.8) is 0 Å². The van der Waals surface area contributed by atoms with Gasteiger partial charge in [0.05, 0.1) is 39.9 Å². The molecule has 0 aromatic carbocycles. The number of carbonyl (C=O) groups excluding carboxylic acids is 1. The average molecular weight is 746 g/mol. The van der Waals surface area contributed by atoms with Gasteiger partial charge in [0.25, 0.3) is 0 Å². The third-order valence-corrected chi connectivity index (χ3v) is 10.7. The number of nitrogens with one attached hydrogen (secondary N) is 1. The highest BCUT2D eigenvalue weighted by atomic mass is 31.2. The van der Waals surface area contributed by atoms with Gasteiger partial charge in [-0.3, -0.25) is 13.8 Å². The molecule has 0 fully saturated rings. The molecule has 3 atom stereocenters. The van der Waals surface area contributed by atoms with E-state index in [1.165, 1.54) is 141 Å². The van der Waals surface area contributed by atoms with Crippen molar-refractivity contribution < 1.29 is 32.9 Å². The number of phosphoric ester groups is 1. The Balaban J connectivity index is 4.39. The van der Waals surface area contributed by atoms with Crippen LogP contribution >= 0.6 is 7.82 Å². The summed E-state index contributed by atoms with van der Waals surface area (Å²) >= 11 is 0. The zero-order valence-electron chi connectivity index (χ0n) is 34.4. The number of quaternary nitrogens is 1. The van der Waals surface area contributed by atoms with Crippen LogP contribution in [0.4, 0.5) is 0 Å². The quantitative estimate of drug-likeness (QED) is 0.0250. The molecule has 0 aromatic heterocycles. The maximum atomic E-state index is 12.8. The van der Waals surface area contributed by atoms with Crippen molar-refractivity contribution in [2.75, 3.05) is 40.9 Å². The molecule has 304 valence electrons. The highest BCUT2D eigenvalue weighted by molar-refractivity contribution is 7.47. The second kappa shape index (κ2) is 35.0. The molecule has 3 N–H and O–H groups in total. The summed E-state index contributed by atoms with van der Waals surface area (Å²) in [5, 5.41) is 13.8. The third kappa shape index (κ3) is 37.4. The van der Waals surface area contributed by atoms with E-state index in [1.807, 2.05) is 27.2 Å². The summed E-state index contributed by atoms with van der Waals surface area (Å²) in [6, 6.07) is -0.838. The predicted octanol–water partition coefficient (Wildman–Crippen LogP) is 11.6. The Morgan fingerprint density at radius 2 is 1.04 bits per heavy atom. The van der Waals surface area contributed by atoms with E-state index in [0.717, 1.165) is 38.5 Å². The molecule has 0 aliphatic heterocycles. The second-order valence-electron chi connectivity index (χ2n) is 16.1. The van der Waals surface area contributed by atoms with E-state index in [1.54, 1.807) is 6.08 Å². The fourth-order valence-electron chi connectivity index (χ4n) is 6.28. The molecule has 0 aliphatic carbocycles. The lowest BCUT2D eigenvalue weighted by Gasteiger charge is -2.25. The number of carbonyl (C=O) groups is 1. The Kier molecular flexibility index (Phi) is 34.5. The Hall–Kier alpha value is -0.760. The van der Waals surface area contributed by atoms with Crippen LogP contribution in [0.5, 0.6) is 0 Å². The van der Waals surface area contributed by atoms with Gasteiger partial charge in [0.1, 0.15) is 13.2 Å². The van der Waals surface area contributed by atoms with Crippen LogP contribution in [0.15, 0.2) is 12.2 Å². The number of hydrogen-bond acceptors (Lipinski definition) is 5. The van der Waals surface area contributed by atoms with Crippen LogP contribution in [-0.2, 0) is 18.4 Å². The summed E-state index contributed by atoms with van der Waals surface area (Å²) in [6.07, 6.45) is 38.4. The number of likely N-dealkylation sites (N-methyl/N-ethyl adjacent to an activating group) is 1. The molecule has 0 bridgehead atoms. The molecule has 0 spiro atoms. The van der Waals surface area contributed by atoms with E-state index in [2.05, 4.69) is 19.2 Å². The zero-order valence-corrected chi connectivity index (χ0v) is 35.3. The standard InChI is InChI=1S/C42H85N2O6P/c1-6-8-10-12-14-16-18-20-21-22-23-24-26-28-30-32-34-36-42(46)43-40(39-50-51(47,48)49-38-37-44(3,4)5)41(45)35-33-31-29-27-25-19-17-15-13-11-9-7-2/h33,35,40-41,45H,6-32,34,36-39H2,1-5H3,(H-,43,46,47,48)/p+1/b35-33+/t40-,41+/m0/s1. The lowest BCUT2D eigenvalue weighted by atomic mass is 10.0. The summed E-state index contributed by atoms with van der Waals surface area (Å²) in [6.45, 7) is 4.81. The smallest absolute Gasteiger partial charge is 0.387 e. The molecule has 0 rings (SSSR count). The number of unbranched alkanes of at least 4 members (excludes halogenated alkanes) is 26. The number of amides is 1. The molecule has 1 amide bonds. The van der Waals surface area contributed by atoms with Gasteiger partial charge in [-0.25, -0.2) is 4.57 Å². The minimum atomic E-state index is -4.33. The van der Waals surface area contributed by atoms with Crippen molar-refractivity contribution in [3.05, 3.63) is 12.2 Å². The average Bonchev–Trinajstić information content (AvgIpc) is 3.07. The van der Waals surface area contributed by atoms with Crippen LogP contribution in [0.1, 0.15) is 200 Å². The molecule has 8 nitrogen and oxygen atoms in total. The van der Waals surface area contributed by atoms with Crippen LogP contribution < -0.4 is 5.32 Å². The number of hydrogen-bond donors (Lipinski definition) is 3. The van der Waals surface area contributed by atoms with Gasteiger partial charge in [0.2, 0.25) is 5.91 Å². The molecule has 0 saturated heterocycles. The topological polar surface area (TPSA) is 105 Å². The maximum Gasteiger partial charge on any atom is 0.472 e. The van der Waals surface area contributed by atoms with E-state index in [-0.39, 0.29) is 19.1 Å². The predicted molar refractivity (Wildman–Crippen MR) is 217 cm³/mol. The first kappa shape index (κ1) is 50.2. The zero-order chi connectivity index (χ0) is 37.9. The molecule has 0 aliphatic rings. The summed E-state index contributed by atoms with van der Waals surface area (Å²) in [5.41, 5.74) is 0. The van der Waals surface area contributed by atoms with Gasteiger partial charge in [-0.05, 0) is 19.3 Å². The van der Waals surface area contributed by atoms with E-state index < -0.39 is 20.0 Å². The van der Waals surface area contributed by atoms with Crippen molar-refractivity contribution in [3.8, 4) is 0 Å². The number of phosphoric acid groups is 1. The maximum absolute atomic E-state index is 12.8. The molecular formula is C42H86N2O6P+. The van der Waals surface area contributed by atoms with Crippen LogP contribution in [0.2, 0.25) is 0 Å². The number of aliphatic hydroxyl groups is 1. The Morgan fingerprint density at radius 3 is 1.45 bits per heavy atom. The fourth-order valence-corrected chi connectivity index (χ4v) is 7.01. The number of rotatable bonds is 39. The van der Waals surface area contributed by atoms with E-state index in [0.29, 0.717) is 17.4 Å². The van der Waals surface area contributed by atoms with Gasteiger partial charge in [-0.2, -0.15) is 0 Å². The monoisotopic (exact) mass is 746 g/mol. The largest absolute Gasteiger partial charge is 0.472 e. The summed E-state index contributed by atoms with van der Waals surface area (Å²) in [4.78, 5) is 23.1. The van der Waals surface area contributed by atoms with Crippen LogP contribution in [0, 0.1) is 0 Å².